The van der Waals surface area contributed by atoms with E-state index in [1.54, 1.807) is 23.9 Å². The third-order valence-electron chi connectivity index (χ3n) is 7.39. The van der Waals surface area contributed by atoms with Gasteiger partial charge in [0.15, 0.2) is 0 Å². The fraction of sp³-hybridized carbons (Fsp3) is 0.294. The van der Waals surface area contributed by atoms with Crippen LogP contribution in [0.25, 0.3) is 23.4 Å². The summed E-state index contributed by atoms with van der Waals surface area (Å²) >= 11 is 3.33. The number of aliphatic carboxylic acids is 1. The molecule has 2 N–H and O–H groups in total. The van der Waals surface area contributed by atoms with Gasteiger partial charge in [-0.3, -0.25) is 4.79 Å². The fourth-order valence-corrected chi connectivity index (χ4v) is 7.50. The van der Waals surface area contributed by atoms with Crippen LogP contribution in [-0.4, -0.2) is 25.9 Å². The molecule has 4 aromatic rings. The molecule has 4 nitrogen and oxygen atoms in total. The summed E-state index contributed by atoms with van der Waals surface area (Å²) in [5, 5.41) is 23.2. The highest BCUT2D eigenvalue weighted by Crippen LogP contribution is 2.57. The first-order valence-electron chi connectivity index (χ1n) is 13.8. The number of thiazole rings is 1. The summed E-state index contributed by atoms with van der Waals surface area (Å²) in [6.07, 6.45) is 7.67. The van der Waals surface area contributed by atoms with Gasteiger partial charge in [0, 0.05) is 20.9 Å². The van der Waals surface area contributed by atoms with Crippen LogP contribution in [0.15, 0.2) is 78.2 Å². The van der Waals surface area contributed by atoms with Crippen LogP contribution < -0.4 is 0 Å². The number of carbonyl (C=O) groups is 1. The molecule has 212 valence electrons. The number of carboxylic acid groups (broad SMARTS) is 1. The lowest BCUT2D eigenvalue weighted by atomic mass is 9.90. The number of benzene rings is 3. The maximum absolute atomic E-state index is 13.3. The average Bonchev–Trinajstić information content (AvgIpc) is 3.51. The minimum atomic E-state index is -0.933. The van der Waals surface area contributed by atoms with Crippen molar-refractivity contribution in [2.45, 2.75) is 61.5 Å². The van der Waals surface area contributed by atoms with Gasteiger partial charge in [0.25, 0.3) is 0 Å². The van der Waals surface area contributed by atoms with Gasteiger partial charge in [0.1, 0.15) is 10.8 Å². The van der Waals surface area contributed by atoms with Gasteiger partial charge in [-0.25, -0.2) is 9.37 Å². The van der Waals surface area contributed by atoms with Crippen molar-refractivity contribution >= 4 is 41.2 Å². The van der Waals surface area contributed by atoms with Crippen LogP contribution in [0, 0.1) is 5.82 Å². The van der Waals surface area contributed by atoms with Crippen molar-refractivity contribution in [1.29, 1.82) is 0 Å². The second-order valence-corrected chi connectivity index (χ2v) is 13.8. The van der Waals surface area contributed by atoms with Gasteiger partial charge >= 0.3 is 5.97 Å². The third-order valence-corrected chi connectivity index (χ3v) is 10.0. The molecule has 0 spiro atoms. The minimum absolute atomic E-state index is 0.116. The first-order valence-corrected chi connectivity index (χ1v) is 15.6. The van der Waals surface area contributed by atoms with Crippen LogP contribution in [-0.2, 0) is 16.8 Å². The summed E-state index contributed by atoms with van der Waals surface area (Å²) in [6, 6.07) is 22.8. The Hall–Kier alpha value is -3.26. The molecule has 7 heteroatoms. The van der Waals surface area contributed by atoms with Gasteiger partial charge in [-0.2, -0.15) is 0 Å². The molecule has 1 aromatic heterocycles. The summed E-state index contributed by atoms with van der Waals surface area (Å²) < 4.78 is 13.1. The zero-order chi connectivity index (χ0) is 29.0. The summed E-state index contributed by atoms with van der Waals surface area (Å²) in [6.45, 7) is 3.62. The third kappa shape index (κ3) is 7.73. The van der Waals surface area contributed by atoms with Crippen LogP contribution in [0.5, 0.6) is 0 Å². The van der Waals surface area contributed by atoms with E-state index < -0.39 is 11.6 Å². The van der Waals surface area contributed by atoms with E-state index >= 15 is 0 Å². The van der Waals surface area contributed by atoms with Gasteiger partial charge < -0.3 is 10.2 Å². The molecule has 1 aliphatic rings. The quantitative estimate of drug-likeness (QED) is 0.173. The minimum Gasteiger partial charge on any atom is -0.481 e. The van der Waals surface area contributed by atoms with Crippen molar-refractivity contribution < 1.29 is 19.4 Å². The van der Waals surface area contributed by atoms with Crippen molar-refractivity contribution in [2.24, 2.45) is 0 Å². The predicted molar refractivity (Wildman–Crippen MR) is 167 cm³/mol. The summed E-state index contributed by atoms with van der Waals surface area (Å²) in [5.74, 6) is -1.02. The molecular weight excluding hydrogens is 554 g/mol. The normalized spacial score (nSPS) is 15.2. The highest BCUT2D eigenvalue weighted by molar-refractivity contribution is 8.01. The van der Waals surface area contributed by atoms with Crippen molar-refractivity contribution in [3.8, 4) is 11.3 Å². The van der Waals surface area contributed by atoms with E-state index in [4.69, 9.17) is 0 Å². The molecule has 1 unspecified atom stereocenters. The number of rotatable bonds is 12. The molecule has 0 aliphatic heterocycles. The Morgan fingerprint density at radius 3 is 2.56 bits per heavy atom. The molecule has 1 atom stereocenters. The van der Waals surface area contributed by atoms with Gasteiger partial charge in [-0.15, -0.1) is 23.1 Å². The number of aromatic nitrogens is 1. The smallest absolute Gasteiger partial charge is 0.304 e. The molecule has 1 saturated carbocycles. The van der Waals surface area contributed by atoms with Crippen LogP contribution in [0.1, 0.15) is 72.0 Å². The Morgan fingerprint density at radius 2 is 1.85 bits per heavy atom. The average molecular weight is 588 g/mol. The first kappa shape index (κ1) is 29.2. The molecule has 0 bridgehead atoms. The fourth-order valence-electron chi connectivity index (χ4n) is 5.12. The van der Waals surface area contributed by atoms with Crippen molar-refractivity contribution in [3.63, 3.8) is 0 Å². The Morgan fingerprint density at radius 1 is 1.10 bits per heavy atom. The van der Waals surface area contributed by atoms with E-state index in [9.17, 15) is 19.4 Å². The zero-order valence-corrected chi connectivity index (χ0v) is 24.9. The zero-order valence-electron chi connectivity index (χ0n) is 23.2. The monoisotopic (exact) mass is 587 g/mol. The molecule has 5 rings (SSSR count). The number of carboxylic acids is 1. The second-order valence-electron chi connectivity index (χ2n) is 11.2. The summed E-state index contributed by atoms with van der Waals surface area (Å²) in [4.78, 5) is 16.3. The lowest BCUT2D eigenvalue weighted by molar-refractivity contribution is -0.137. The molecule has 1 fully saturated rings. The second kappa shape index (κ2) is 12.3. The van der Waals surface area contributed by atoms with E-state index in [1.807, 2.05) is 49.6 Å². The summed E-state index contributed by atoms with van der Waals surface area (Å²) in [7, 11) is 0. The lowest BCUT2D eigenvalue weighted by Gasteiger charge is -2.25. The summed E-state index contributed by atoms with van der Waals surface area (Å²) in [5.41, 5.74) is 5.02. The number of hydrogen-bond acceptors (Lipinski definition) is 5. The maximum Gasteiger partial charge on any atom is 0.304 e. The van der Waals surface area contributed by atoms with E-state index in [2.05, 4.69) is 35.3 Å². The molecule has 3 aromatic carbocycles. The highest BCUT2D eigenvalue weighted by atomic mass is 32.2. The lowest BCUT2D eigenvalue weighted by Crippen LogP contribution is -2.18. The number of nitrogens with zero attached hydrogens (tertiary/aromatic N) is 1. The Labute approximate surface area is 249 Å². The molecule has 1 aliphatic carbocycles. The number of aryl methyl sites for hydroxylation is 1. The number of aliphatic hydroxyl groups is 1. The highest BCUT2D eigenvalue weighted by Gasteiger charge is 2.47. The first-order chi connectivity index (χ1) is 19.6. The van der Waals surface area contributed by atoms with Crippen LogP contribution in [0.3, 0.4) is 0 Å². The molecular formula is C34H34FNO3S2. The van der Waals surface area contributed by atoms with Crippen LogP contribution in [0.4, 0.5) is 4.39 Å². The van der Waals surface area contributed by atoms with E-state index in [0.29, 0.717) is 0 Å². The van der Waals surface area contributed by atoms with Crippen molar-refractivity contribution in [3.05, 3.63) is 111 Å². The molecule has 0 amide bonds. The van der Waals surface area contributed by atoms with Gasteiger partial charge in [0.2, 0.25) is 0 Å². The van der Waals surface area contributed by atoms with Crippen molar-refractivity contribution in [1.82, 2.24) is 4.98 Å². The van der Waals surface area contributed by atoms with Gasteiger partial charge in [-0.05, 0) is 92.1 Å². The van der Waals surface area contributed by atoms with Crippen LogP contribution in [0.2, 0.25) is 0 Å². The van der Waals surface area contributed by atoms with Gasteiger partial charge in [0.05, 0.1) is 17.7 Å². The van der Waals surface area contributed by atoms with E-state index in [1.165, 1.54) is 29.0 Å². The molecule has 41 heavy (non-hydrogen) atoms. The number of thioether (sulfide) groups is 1. The SMILES string of the molecule is CC(C)(O)c1ccccc1CCC(SC1(CC(=O)O)CC1)c1cccc(/C=C/c2nc(-c3ccc(F)cc3)cs2)c1. The molecule has 1 heterocycles. The number of hydrogen-bond donors (Lipinski definition) is 2. The topological polar surface area (TPSA) is 70.4 Å². The predicted octanol–water partition coefficient (Wildman–Crippen LogP) is 8.76. The van der Waals surface area contributed by atoms with E-state index in [-0.39, 0.29) is 22.2 Å². The van der Waals surface area contributed by atoms with Crippen molar-refractivity contribution in [2.75, 3.05) is 0 Å². The standard InChI is InChI=1S/C34H34FNO3S2/c1-33(2,39)28-9-4-3-7-24(28)13-16-30(41-34(18-19-34)21-32(37)38)26-8-5-6-23(20-26)10-17-31-36-29(22-40-31)25-11-14-27(35)15-12-25/h3-12,14-15,17,20,22,30,39H,13,16,18-19,21H2,1-2H3,(H,37,38)/b17-10+. The van der Waals surface area contributed by atoms with Crippen LogP contribution >= 0.6 is 23.1 Å². The largest absolute Gasteiger partial charge is 0.481 e. The molecule has 0 saturated heterocycles. The maximum atomic E-state index is 13.3. The Bertz CT molecular complexity index is 1530. The van der Waals surface area contributed by atoms with Gasteiger partial charge in [-0.1, -0.05) is 54.6 Å². The molecule has 0 radical (unpaired) electrons. The Balaban J connectivity index is 1.36. The van der Waals surface area contributed by atoms with E-state index in [0.717, 1.165) is 58.6 Å². The Kier molecular flexibility index (Phi) is 8.78. The number of halogens is 1.